The number of aromatic nitrogens is 1. The average molecular weight is 278 g/mol. The zero-order valence-electron chi connectivity index (χ0n) is 10.5. The Labute approximate surface area is 114 Å². The summed E-state index contributed by atoms with van der Waals surface area (Å²) >= 11 is 0. The van der Waals surface area contributed by atoms with Crippen molar-refractivity contribution in [2.45, 2.75) is 18.6 Å². The molecule has 7 heteroatoms. The molecule has 0 aliphatic rings. The van der Waals surface area contributed by atoms with Crippen LogP contribution in [-0.4, -0.2) is 37.9 Å². The molecule has 1 aromatic heterocycles. The smallest absolute Gasteiger partial charge is 0.278 e. The van der Waals surface area contributed by atoms with Gasteiger partial charge in [0.15, 0.2) is 0 Å². The molecule has 0 saturated carbocycles. The van der Waals surface area contributed by atoms with Gasteiger partial charge in [-0.05, 0) is 24.6 Å². The van der Waals surface area contributed by atoms with Gasteiger partial charge in [0.2, 0.25) is 0 Å². The van der Waals surface area contributed by atoms with Gasteiger partial charge in [0.1, 0.15) is 6.10 Å². The van der Waals surface area contributed by atoms with Crippen molar-refractivity contribution in [1.82, 2.24) is 4.98 Å². The van der Waals surface area contributed by atoms with Crippen molar-refractivity contribution in [3.63, 3.8) is 0 Å². The van der Waals surface area contributed by atoms with Gasteiger partial charge in [0, 0.05) is 24.4 Å². The summed E-state index contributed by atoms with van der Waals surface area (Å²) in [5, 5.41) is 39.9. The normalized spacial score (nSPS) is 14.2. The van der Waals surface area contributed by atoms with E-state index in [9.17, 15) is 20.3 Å². The number of benzene rings is 1. The number of aliphatic hydroxyl groups excluding tert-OH is 3. The first-order valence-electron chi connectivity index (χ1n) is 6.05. The van der Waals surface area contributed by atoms with Crippen molar-refractivity contribution in [3.05, 3.63) is 46.1 Å². The predicted octanol–water partition coefficient (Wildman–Crippen LogP) is 0.920. The minimum Gasteiger partial charge on any atom is -0.396 e. The van der Waals surface area contributed by atoms with Crippen LogP contribution in [0.5, 0.6) is 0 Å². The molecule has 2 rings (SSSR count). The third-order valence-corrected chi connectivity index (χ3v) is 3.08. The fourth-order valence-electron chi connectivity index (χ4n) is 2.07. The molecule has 2 unspecified atom stereocenters. The second-order valence-electron chi connectivity index (χ2n) is 4.36. The zero-order valence-corrected chi connectivity index (χ0v) is 10.5. The highest BCUT2D eigenvalue weighted by molar-refractivity contribution is 5.90. The average Bonchev–Trinajstić information content (AvgIpc) is 2.45. The molecule has 2 atom stereocenters. The predicted molar refractivity (Wildman–Crippen MR) is 71.1 cm³/mol. The Hall–Kier alpha value is -2.09. The van der Waals surface area contributed by atoms with Gasteiger partial charge in [0.25, 0.3) is 5.69 Å². The minimum absolute atomic E-state index is 0.00643. The van der Waals surface area contributed by atoms with E-state index in [0.717, 1.165) is 0 Å². The summed E-state index contributed by atoms with van der Waals surface area (Å²) in [5.41, 5.74) is 0.457. The lowest BCUT2D eigenvalue weighted by Crippen LogP contribution is -2.20. The summed E-state index contributed by atoms with van der Waals surface area (Å²) < 4.78 is 0. The molecule has 0 amide bonds. The maximum Gasteiger partial charge on any atom is 0.278 e. The van der Waals surface area contributed by atoms with Crippen molar-refractivity contribution >= 4 is 16.6 Å². The van der Waals surface area contributed by atoms with E-state index in [4.69, 9.17) is 5.11 Å². The van der Waals surface area contributed by atoms with Gasteiger partial charge < -0.3 is 15.3 Å². The van der Waals surface area contributed by atoms with Crippen LogP contribution in [0.4, 0.5) is 5.69 Å². The van der Waals surface area contributed by atoms with Crippen LogP contribution in [-0.2, 0) is 0 Å². The molecule has 7 nitrogen and oxygen atoms in total. The van der Waals surface area contributed by atoms with Crippen LogP contribution in [0.2, 0.25) is 0 Å². The van der Waals surface area contributed by atoms with Crippen molar-refractivity contribution in [2.75, 3.05) is 6.61 Å². The Bertz CT molecular complexity index is 631. The third-order valence-electron chi connectivity index (χ3n) is 3.08. The summed E-state index contributed by atoms with van der Waals surface area (Å²) in [5.74, 6) is 0. The monoisotopic (exact) mass is 278 g/mol. The number of aliphatic hydroxyl groups is 3. The molecule has 1 heterocycles. The highest BCUT2D eigenvalue weighted by Gasteiger charge is 2.23. The van der Waals surface area contributed by atoms with Crippen LogP contribution in [0.15, 0.2) is 30.5 Å². The summed E-state index contributed by atoms with van der Waals surface area (Å²) in [4.78, 5) is 14.5. The fraction of sp³-hybridized carbons (Fsp3) is 0.308. The SMILES string of the molecule is O=[N+]([O-])c1ccc(C(O)C(O)CCO)c2ncccc12. The summed E-state index contributed by atoms with van der Waals surface area (Å²) in [7, 11) is 0. The molecule has 3 N–H and O–H groups in total. The van der Waals surface area contributed by atoms with Crippen LogP contribution >= 0.6 is 0 Å². The first-order valence-corrected chi connectivity index (χ1v) is 6.05. The zero-order chi connectivity index (χ0) is 14.7. The first kappa shape index (κ1) is 14.3. The lowest BCUT2D eigenvalue weighted by molar-refractivity contribution is -0.383. The Morgan fingerprint density at radius 2 is 2.05 bits per heavy atom. The van der Waals surface area contributed by atoms with Crippen LogP contribution in [0.3, 0.4) is 0 Å². The number of fused-ring (bicyclic) bond motifs is 1. The number of hydrogen-bond donors (Lipinski definition) is 3. The van der Waals surface area contributed by atoms with Crippen LogP contribution in [0, 0.1) is 10.1 Å². The number of rotatable bonds is 5. The summed E-state index contributed by atoms with van der Waals surface area (Å²) in [6, 6.07) is 5.75. The van der Waals surface area contributed by atoms with E-state index < -0.39 is 17.1 Å². The highest BCUT2D eigenvalue weighted by Crippen LogP contribution is 2.31. The first-order chi connectivity index (χ1) is 9.56. The third kappa shape index (κ3) is 2.60. The molecule has 106 valence electrons. The molecule has 0 bridgehead atoms. The van der Waals surface area contributed by atoms with E-state index in [0.29, 0.717) is 10.9 Å². The molecular formula is C13H14N2O5. The number of nitro groups is 1. The molecule has 20 heavy (non-hydrogen) atoms. The van der Waals surface area contributed by atoms with Gasteiger partial charge >= 0.3 is 0 Å². The van der Waals surface area contributed by atoms with E-state index in [2.05, 4.69) is 4.98 Å². The van der Waals surface area contributed by atoms with Crippen molar-refractivity contribution in [3.8, 4) is 0 Å². The largest absolute Gasteiger partial charge is 0.396 e. The Morgan fingerprint density at radius 1 is 1.30 bits per heavy atom. The Kier molecular flexibility index (Phi) is 4.23. The van der Waals surface area contributed by atoms with Crippen molar-refractivity contribution < 1.29 is 20.2 Å². The van der Waals surface area contributed by atoms with Gasteiger partial charge in [-0.2, -0.15) is 0 Å². The van der Waals surface area contributed by atoms with Crippen LogP contribution in [0.25, 0.3) is 10.9 Å². The van der Waals surface area contributed by atoms with Gasteiger partial charge in [-0.15, -0.1) is 0 Å². The van der Waals surface area contributed by atoms with Gasteiger partial charge in [-0.3, -0.25) is 15.1 Å². The van der Waals surface area contributed by atoms with Crippen LogP contribution in [0.1, 0.15) is 18.1 Å². The van der Waals surface area contributed by atoms with E-state index in [-0.39, 0.29) is 24.2 Å². The number of pyridine rings is 1. The molecule has 1 aromatic carbocycles. The number of non-ortho nitro benzene ring substituents is 1. The van der Waals surface area contributed by atoms with Gasteiger partial charge in [0.05, 0.1) is 21.9 Å². The molecule has 0 fully saturated rings. The van der Waals surface area contributed by atoms with E-state index in [1.54, 1.807) is 6.07 Å². The maximum atomic E-state index is 11.0. The number of nitro benzene ring substituents is 1. The van der Waals surface area contributed by atoms with Crippen LogP contribution < -0.4 is 0 Å². The highest BCUT2D eigenvalue weighted by atomic mass is 16.6. The molecule has 0 spiro atoms. The lowest BCUT2D eigenvalue weighted by Gasteiger charge is -2.18. The fourth-order valence-corrected chi connectivity index (χ4v) is 2.07. The van der Waals surface area contributed by atoms with E-state index >= 15 is 0 Å². The van der Waals surface area contributed by atoms with E-state index in [1.807, 2.05) is 0 Å². The van der Waals surface area contributed by atoms with Crippen molar-refractivity contribution in [1.29, 1.82) is 0 Å². The minimum atomic E-state index is -1.26. The van der Waals surface area contributed by atoms with Gasteiger partial charge in [-0.1, -0.05) is 0 Å². The van der Waals surface area contributed by atoms with Crippen molar-refractivity contribution in [2.24, 2.45) is 0 Å². The molecule has 0 aliphatic carbocycles. The Morgan fingerprint density at radius 3 is 2.70 bits per heavy atom. The molecule has 2 aromatic rings. The molecule has 0 aliphatic heterocycles. The van der Waals surface area contributed by atoms with E-state index in [1.165, 1.54) is 24.4 Å². The maximum absolute atomic E-state index is 11.0. The Balaban J connectivity index is 2.56. The second-order valence-corrected chi connectivity index (χ2v) is 4.36. The quantitative estimate of drug-likeness (QED) is 0.553. The number of nitrogens with zero attached hydrogens (tertiary/aromatic N) is 2. The molecular weight excluding hydrogens is 264 g/mol. The summed E-state index contributed by atoms with van der Waals surface area (Å²) in [6.07, 6.45) is -0.959. The second kappa shape index (κ2) is 5.91. The molecule has 0 radical (unpaired) electrons. The molecule has 0 saturated heterocycles. The van der Waals surface area contributed by atoms with Gasteiger partial charge in [-0.25, -0.2) is 0 Å². The lowest BCUT2D eigenvalue weighted by atomic mass is 9.98. The topological polar surface area (TPSA) is 117 Å². The summed E-state index contributed by atoms with van der Waals surface area (Å²) in [6.45, 7) is -0.267. The number of hydrogen-bond acceptors (Lipinski definition) is 6. The standard InChI is InChI=1S/C13H14N2O5/c16-7-5-11(17)13(18)9-3-4-10(15(19)20)8-2-1-6-14-12(8)9/h1-4,6,11,13,16-18H,5,7H2.